The van der Waals surface area contributed by atoms with Crippen LogP contribution >= 0.6 is 0 Å². The van der Waals surface area contributed by atoms with Gasteiger partial charge in [0.25, 0.3) is 5.91 Å². The summed E-state index contributed by atoms with van der Waals surface area (Å²) in [4.78, 5) is 31.6. The van der Waals surface area contributed by atoms with Gasteiger partial charge in [-0.25, -0.2) is 0 Å². The molecule has 7 nitrogen and oxygen atoms in total. The van der Waals surface area contributed by atoms with Gasteiger partial charge in [0.05, 0.1) is 6.61 Å². The van der Waals surface area contributed by atoms with Crippen LogP contribution in [0.3, 0.4) is 0 Å². The van der Waals surface area contributed by atoms with E-state index in [9.17, 15) is 9.59 Å². The number of nitrogens with two attached hydrogens (primary N) is 1. The molecule has 4 rings (SSSR count). The average Bonchev–Trinajstić information content (AvgIpc) is 3.40. The van der Waals surface area contributed by atoms with Crippen LogP contribution in [0, 0.1) is 25.7 Å². The molecule has 2 amide bonds. The number of carbonyl (C=O) groups excluding carboxylic acids is 2. The van der Waals surface area contributed by atoms with E-state index in [2.05, 4.69) is 41.4 Å². The van der Waals surface area contributed by atoms with Crippen molar-refractivity contribution in [1.29, 1.82) is 0 Å². The summed E-state index contributed by atoms with van der Waals surface area (Å²) in [7, 11) is 1.71. The van der Waals surface area contributed by atoms with Crippen molar-refractivity contribution in [2.45, 2.75) is 64.6 Å². The van der Waals surface area contributed by atoms with Gasteiger partial charge in [0.2, 0.25) is 5.91 Å². The van der Waals surface area contributed by atoms with Gasteiger partial charge in [0, 0.05) is 44.9 Å². The normalized spacial score (nSPS) is 23.3. The number of nitrogens with zero attached hydrogens (tertiary/aromatic N) is 2. The quantitative estimate of drug-likeness (QED) is 0.456. The molecular weight excluding hydrogens is 488 g/mol. The van der Waals surface area contributed by atoms with Crippen molar-refractivity contribution < 1.29 is 14.3 Å². The minimum absolute atomic E-state index is 0.0459. The highest BCUT2D eigenvalue weighted by atomic mass is 16.5. The second-order valence-electron chi connectivity index (χ2n) is 11.5. The lowest BCUT2D eigenvalue weighted by atomic mass is 9.81. The van der Waals surface area contributed by atoms with Crippen LogP contribution in [0.5, 0.6) is 0 Å². The minimum atomic E-state index is -0.500. The Bertz CT molecular complexity index is 1090. The Morgan fingerprint density at radius 1 is 1.05 bits per heavy atom. The van der Waals surface area contributed by atoms with E-state index in [1.54, 1.807) is 12.0 Å². The molecule has 212 valence electrons. The van der Waals surface area contributed by atoms with Gasteiger partial charge in [-0.2, -0.15) is 0 Å². The number of methoxy groups -OCH3 is 1. The first-order valence-corrected chi connectivity index (χ1v) is 14.5. The molecule has 1 saturated carbocycles. The maximum atomic E-state index is 13.7. The molecule has 0 radical (unpaired) electrons. The maximum absolute atomic E-state index is 13.7. The van der Waals surface area contributed by atoms with E-state index in [1.807, 2.05) is 31.2 Å². The first-order valence-electron chi connectivity index (χ1n) is 14.5. The number of carbonyl (C=O) groups is 2. The second kappa shape index (κ2) is 14.1. The number of aryl methyl sites for hydroxylation is 2. The van der Waals surface area contributed by atoms with E-state index in [-0.39, 0.29) is 17.9 Å². The summed E-state index contributed by atoms with van der Waals surface area (Å²) in [5.74, 6) is 0.873. The summed E-state index contributed by atoms with van der Waals surface area (Å²) in [6.45, 7) is 8.10. The summed E-state index contributed by atoms with van der Waals surface area (Å²) in [5.41, 5.74) is 10.2. The minimum Gasteiger partial charge on any atom is -0.383 e. The van der Waals surface area contributed by atoms with Crippen molar-refractivity contribution in [1.82, 2.24) is 15.1 Å². The molecule has 1 heterocycles. The lowest BCUT2D eigenvalue weighted by Crippen LogP contribution is -2.47. The third-order valence-corrected chi connectivity index (χ3v) is 8.66. The Labute approximate surface area is 234 Å². The molecule has 1 aliphatic carbocycles. The van der Waals surface area contributed by atoms with E-state index >= 15 is 0 Å². The fourth-order valence-electron chi connectivity index (χ4n) is 6.18. The first kappa shape index (κ1) is 29.2. The lowest BCUT2D eigenvalue weighted by molar-refractivity contribution is -0.125. The highest BCUT2D eigenvalue weighted by Crippen LogP contribution is 2.29. The highest BCUT2D eigenvalue weighted by molar-refractivity contribution is 5.98. The Morgan fingerprint density at radius 3 is 2.51 bits per heavy atom. The average molecular weight is 535 g/mol. The van der Waals surface area contributed by atoms with Crippen molar-refractivity contribution in [2.75, 3.05) is 39.9 Å². The molecule has 3 N–H and O–H groups in total. The van der Waals surface area contributed by atoms with Crippen molar-refractivity contribution in [2.24, 2.45) is 17.6 Å². The van der Waals surface area contributed by atoms with E-state index in [4.69, 9.17) is 10.5 Å². The molecule has 0 bridgehead atoms. The van der Waals surface area contributed by atoms with Crippen LogP contribution in [0.2, 0.25) is 0 Å². The van der Waals surface area contributed by atoms with Gasteiger partial charge in [0.1, 0.15) is 6.04 Å². The van der Waals surface area contributed by atoms with Crippen LogP contribution in [0.15, 0.2) is 48.5 Å². The second-order valence-corrected chi connectivity index (χ2v) is 11.5. The third-order valence-electron chi connectivity index (χ3n) is 8.66. The van der Waals surface area contributed by atoms with Gasteiger partial charge in [-0.05, 0) is 81.2 Å². The summed E-state index contributed by atoms with van der Waals surface area (Å²) in [6, 6.07) is 15.6. The topological polar surface area (TPSA) is 87.9 Å². The number of benzene rings is 2. The SMILES string of the molecule is COCCN(Cc1ccccc1C)C1CC(C(=O)NCC2CCCC(CN)C2)N(C(=O)c2ccc(C)cc2)C1. The molecule has 4 unspecified atom stereocenters. The van der Waals surface area contributed by atoms with E-state index < -0.39 is 6.04 Å². The third kappa shape index (κ3) is 7.68. The van der Waals surface area contributed by atoms with Crippen LogP contribution in [-0.2, 0) is 16.1 Å². The highest BCUT2D eigenvalue weighted by Gasteiger charge is 2.42. The Hall–Kier alpha value is -2.74. The van der Waals surface area contributed by atoms with Gasteiger partial charge < -0.3 is 20.7 Å². The molecule has 4 atom stereocenters. The molecule has 2 fully saturated rings. The van der Waals surface area contributed by atoms with Crippen LogP contribution in [-0.4, -0.2) is 73.6 Å². The zero-order valence-electron chi connectivity index (χ0n) is 23.9. The van der Waals surface area contributed by atoms with Crippen LogP contribution in [0.1, 0.15) is 59.2 Å². The zero-order valence-corrected chi connectivity index (χ0v) is 23.9. The summed E-state index contributed by atoms with van der Waals surface area (Å²) in [6.07, 6.45) is 5.14. The van der Waals surface area contributed by atoms with Gasteiger partial charge in [-0.15, -0.1) is 0 Å². The number of nitrogens with one attached hydrogen (secondary N) is 1. The van der Waals surface area contributed by atoms with Crippen molar-refractivity contribution in [3.63, 3.8) is 0 Å². The van der Waals surface area contributed by atoms with E-state index in [0.717, 1.165) is 31.5 Å². The monoisotopic (exact) mass is 534 g/mol. The van der Waals surface area contributed by atoms with E-state index in [1.165, 1.54) is 24.0 Å². The van der Waals surface area contributed by atoms with Crippen LogP contribution < -0.4 is 11.1 Å². The summed E-state index contributed by atoms with van der Waals surface area (Å²) in [5, 5.41) is 3.23. The summed E-state index contributed by atoms with van der Waals surface area (Å²) >= 11 is 0. The predicted molar refractivity (Wildman–Crippen MR) is 155 cm³/mol. The standard InChI is InChI=1S/C32H46N4O3/c1-23-11-13-27(14-12-23)32(38)36-22-29(35(15-16-39-3)21-28-10-5-4-7-24(28)2)18-30(36)31(37)34-20-26-9-6-8-25(17-26)19-33/h4-5,7,10-14,25-26,29-30H,6,8-9,15-22,33H2,1-3H3,(H,34,37). The number of hydrogen-bond acceptors (Lipinski definition) is 5. The maximum Gasteiger partial charge on any atom is 0.254 e. The van der Waals surface area contributed by atoms with Gasteiger partial charge in [0.15, 0.2) is 0 Å². The smallest absolute Gasteiger partial charge is 0.254 e. The molecule has 2 aromatic rings. The lowest BCUT2D eigenvalue weighted by Gasteiger charge is -2.29. The molecular formula is C32H46N4O3. The van der Waals surface area contributed by atoms with Crippen molar-refractivity contribution in [3.8, 4) is 0 Å². The number of amides is 2. The summed E-state index contributed by atoms with van der Waals surface area (Å²) < 4.78 is 5.44. The fraction of sp³-hybridized carbons (Fsp3) is 0.562. The fourth-order valence-corrected chi connectivity index (χ4v) is 6.18. The van der Waals surface area contributed by atoms with Crippen LogP contribution in [0.25, 0.3) is 0 Å². The molecule has 1 aliphatic heterocycles. The first-order chi connectivity index (χ1) is 18.9. The van der Waals surface area contributed by atoms with Gasteiger partial charge in [-0.1, -0.05) is 48.4 Å². The number of likely N-dealkylation sites (tertiary alicyclic amines) is 1. The number of ether oxygens (including phenoxy) is 1. The molecule has 0 aromatic heterocycles. The Balaban J connectivity index is 1.52. The number of hydrogen-bond donors (Lipinski definition) is 2. The molecule has 1 saturated heterocycles. The largest absolute Gasteiger partial charge is 0.383 e. The predicted octanol–water partition coefficient (Wildman–Crippen LogP) is 3.92. The molecule has 0 spiro atoms. The Morgan fingerprint density at radius 2 is 1.79 bits per heavy atom. The Kier molecular flexibility index (Phi) is 10.5. The van der Waals surface area contributed by atoms with Crippen molar-refractivity contribution in [3.05, 3.63) is 70.8 Å². The molecule has 2 aliphatic rings. The molecule has 7 heteroatoms. The molecule has 2 aromatic carbocycles. The zero-order chi connectivity index (χ0) is 27.8. The molecule has 39 heavy (non-hydrogen) atoms. The van der Waals surface area contributed by atoms with Gasteiger partial charge in [-0.3, -0.25) is 14.5 Å². The number of rotatable bonds is 11. The van der Waals surface area contributed by atoms with Gasteiger partial charge >= 0.3 is 0 Å². The van der Waals surface area contributed by atoms with Crippen LogP contribution in [0.4, 0.5) is 0 Å². The van der Waals surface area contributed by atoms with E-state index in [0.29, 0.717) is 50.1 Å². The van der Waals surface area contributed by atoms with Crippen molar-refractivity contribution >= 4 is 11.8 Å².